The SMILES string of the molecule is C.C.[CH3-].[CH3-].[CH3-].[Y+3]. The van der Waals surface area contributed by atoms with Crippen LogP contribution in [0.25, 0.3) is 0 Å². The third-order valence-electron chi connectivity index (χ3n) is 0. The Morgan fingerprint density at radius 3 is 0.500 bits per heavy atom. The van der Waals surface area contributed by atoms with E-state index in [9.17, 15) is 0 Å². The Balaban J connectivity index is 0. The molecular formula is C5H17Y. The summed E-state index contributed by atoms with van der Waals surface area (Å²) in [4.78, 5) is 0. The molecule has 0 rings (SSSR count). The van der Waals surface area contributed by atoms with Crippen molar-refractivity contribution in [1.29, 1.82) is 0 Å². The molecule has 0 amide bonds. The fraction of sp³-hybridized carbons (Fsp3) is 0.400. The first-order valence-corrected chi connectivity index (χ1v) is 0. The molecule has 0 saturated heterocycles. The van der Waals surface area contributed by atoms with Gasteiger partial charge in [0.25, 0.3) is 0 Å². The quantitative estimate of drug-likeness (QED) is 0.485. The Morgan fingerprint density at radius 2 is 0.500 bits per heavy atom. The van der Waals surface area contributed by atoms with E-state index in [1.54, 1.807) is 0 Å². The molecule has 0 unspecified atom stereocenters. The van der Waals surface area contributed by atoms with Crippen LogP contribution in [-0.4, -0.2) is 0 Å². The molecule has 1 heteroatoms. The largest absolute Gasteiger partial charge is 3.00 e. The van der Waals surface area contributed by atoms with Crippen LogP contribution in [0, 0.1) is 22.3 Å². The van der Waals surface area contributed by atoms with Crippen LogP contribution in [0.3, 0.4) is 0 Å². The molecule has 0 saturated carbocycles. The van der Waals surface area contributed by atoms with Gasteiger partial charge in [0.1, 0.15) is 0 Å². The molecule has 0 aromatic rings. The number of rotatable bonds is 0. The van der Waals surface area contributed by atoms with Crippen molar-refractivity contribution in [3.05, 3.63) is 22.3 Å². The predicted molar refractivity (Wildman–Crippen MR) is 32.7 cm³/mol. The smallest absolute Gasteiger partial charge is 0.358 e. The van der Waals surface area contributed by atoms with Crippen molar-refractivity contribution in [2.45, 2.75) is 14.9 Å². The summed E-state index contributed by atoms with van der Waals surface area (Å²) in [6.45, 7) is 0. The average molecular weight is 166 g/mol. The number of hydrogen-bond acceptors (Lipinski definition) is 0. The second-order valence-corrected chi connectivity index (χ2v) is 0. The van der Waals surface area contributed by atoms with Crippen LogP contribution in [-0.2, 0) is 32.7 Å². The molecule has 0 spiro atoms. The van der Waals surface area contributed by atoms with Gasteiger partial charge in [-0.15, -0.1) is 0 Å². The molecule has 0 aliphatic carbocycles. The Bertz CT molecular complexity index is 3.90. The molecule has 0 N–H and O–H groups in total. The van der Waals surface area contributed by atoms with Gasteiger partial charge in [-0.25, -0.2) is 0 Å². The molecule has 0 aliphatic heterocycles. The van der Waals surface area contributed by atoms with Gasteiger partial charge in [0.05, 0.1) is 0 Å². The molecule has 0 aliphatic rings. The van der Waals surface area contributed by atoms with E-state index in [0.717, 1.165) is 0 Å². The first kappa shape index (κ1) is 217. The summed E-state index contributed by atoms with van der Waals surface area (Å²) in [7, 11) is 0. The second kappa shape index (κ2) is 130. The second-order valence-electron chi connectivity index (χ2n) is 0. The van der Waals surface area contributed by atoms with E-state index < -0.39 is 0 Å². The van der Waals surface area contributed by atoms with Gasteiger partial charge >= 0.3 is 32.7 Å². The molecule has 0 fully saturated rings. The van der Waals surface area contributed by atoms with Gasteiger partial charge in [-0.1, -0.05) is 14.9 Å². The van der Waals surface area contributed by atoms with Gasteiger partial charge in [-0.2, -0.15) is 0 Å². The van der Waals surface area contributed by atoms with Crippen LogP contribution in [0.2, 0.25) is 0 Å². The molecule has 40 valence electrons. The van der Waals surface area contributed by atoms with Crippen LogP contribution in [0.1, 0.15) is 14.9 Å². The van der Waals surface area contributed by atoms with E-state index in [0.29, 0.717) is 0 Å². The normalized spacial score (nSPS) is 0. The van der Waals surface area contributed by atoms with Gasteiger partial charge < -0.3 is 22.3 Å². The van der Waals surface area contributed by atoms with Crippen LogP contribution in [0.4, 0.5) is 0 Å². The van der Waals surface area contributed by atoms with Crippen LogP contribution >= 0.6 is 0 Å². The van der Waals surface area contributed by atoms with Gasteiger partial charge in [0.2, 0.25) is 0 Å². The van der Waals surface area contributed by atoms with Crippen LogP contribution in [0.5, 0.6) is 0 Å². The maximum absolute atomic E-state index is 0. The van der Waals surface area contributed by atoms with Crippen LogP contribution < -0.4 is 0 Å². The van der Waals surface area contributed by atoms with Crippen molar-refractivity contribution in [2.24, 2.45) is 0 Å². The summed E-state index contributed by atoms with van der Waals surface area (Å²) >= 11 is 0. The van der Waals surface area contributed by atoms with Crippen LogP contribution in [0.15, 0.2) is 0 Å². The number of hydrogen-bond donors (Lipinski definition) is 0. The van der Waals surface area contributed by atoms with E-state index >= 15 is 0 Å². The molecule has 0 aromatic carbocycles. The Hall–Kier alpha value is 1.10. The Morgan fingerprint density at radius 1 is 0.500 bits per heavy atom. The van der Waals surface area contributed by atoms with E-state index in [4.69, 9.17) is 0 Å². The Kier molecular flexibility index (Phi) is 4720. The minimum atomic E-state index is 0. The van der Waals surface area contributed by atoms with Gasteiger partial charge in [0.15, 0.2) is 0 Å². The van der Waals surface area contributed by atoms with E-state index in [2.05, 4.69) is 0 Å². The summed E-state index contributed by atoms with van der Waals surface area (Å²) < 4.78 is 0. The molecule has 6 heavy (non-hydrogen) atoms. The third-order valence-corrected chi connectivity index (χ3v) is 0. The molecule has 0 atom stereocenters. The fourth-order valence-corrected chi connectivity index (χ4v) is 0. The average Bonchev–Trinajstić information content (AvgIpc) is 0. The van der Waals surface area contributed by atoms with Crippen molar-refractivity contribution in [1.82, 2.24) is 0 Å². The molecule has 0 heterocycles. The summed E-state index contributed by atoms with van der Waals surface area (Å²) in [6, 6.07) is 0. The summed E-state index contributed by atoms with van der Waals surface area (Å²) in [5.74, 6) is 0. The molecule has 0 aromatic heterocycles. The van der Waals surface area contributed by atoms with Crippen molar-refractivity contribution in [3.63, 3.8) is 0 Å². The van der Waals surface area contributed by atoms with E-state index in [-0.39, 0.29) is 69.8 Å². The maximum atomic E-state index is 0. The Labute approximate surface area is 69.6 Å². The molecular weight excluding hydrogens is 149 g/mol. The van der Waals surface area contributed by atoms with Gasteiger partial charge in [0, 0.05) is 0 Å². The summed E-state index contributed by atoms with van der Waals surface area (Å²) in [5.41, 5.74) is 0. The maximum Gasteiger partial charge on any atom is 3.00 e. The van der Waals surface area contributed by atoms with Crippen molar-refractivity contribution in [2.75, 3.05) is 0 Å². The summed E-state index contributed by atoms with van der Waals surface area (Å²) in [6.07, 6.45) is 0. The van der Waals surface area contributed by atoms with Gasteiger partial charge in [-0.05, 0) is 0 Å². The van der Waals surface area contributed by atoms with Crippen molar-refractivity contribution < 1.29 is 32.7 Å². The predicted octanol–water partition coefficient (Wildman–Crippen LogP) is 2.62. The molecule has 0 bridgehead atoms. The van der Waals surface area contributed by atoms with Crippen molar-refractivity contribution >= 4 is 0 Å². The topological polar surface area (TPSA) is 0 Å². The molecule has 0 radical (unpaired) electrons. The zero-order valence-corrected chi connectivity index (χ0v) is 6.42. The molecule has 0 nitrogen and oxygen atoms in total. The van der Waals surface area contributed by atoms with E-state index in [1.165, 1.54) is 0 Å². The zero-order chi connectivity index (χ0) is 0. The minimum absolute atomic E-state index is 0. The zero-order valence-electron chi connectivity index (χ0n) is 3.58. The van der Waals surface area contributed by atoms with Crippen molar-refractivity contribution in [3.8, 4) is 0 Å². The first-order chi connectivity index (χ1) is 0. The fourth-order valence-electron chi connectivity index (χ4n) is 0. The monoisotopic (exact) mass is 166 g/mol. The standard InChI is InChI=1S/2CH4.3CH3.Y/h2*1H4;3*1H3;/q;;3*-1;+3. The van der Waals surface area contributed by atoms with Gasteiger partial charge in [-0.3, -0.25) is 0 Å². The van der Waals surface area contributed by atoms with E-state index in [1.807, 2.05) is 0 Å². The third kappa shape index (κ3) is 70.5. The minimum Gasteiger partial charge on any atom is -0.358 e. The summed E-state index contributed by atoms with van der Waals surface area (Å²) in [5, 5.41) is 0. The first-order valence-electron chi connectivity index (χ1n) is 0.